The van der Waals surface area contributed by atoms with Gasteiger partial charge in [0.1, 0.15) is 0 Å². The first kappa shape index (κ1) is 11.6. The fourth-order valence-corrected chi connectivity index (χ4v) is 3.12. The summed E-state index contributed by atoms with van der Waals surface area (Å²) in [5.74, 6) is 0. The minimum Gasteiger partial charge on any atom is -0.399 e. The van der Waals surface area contributed by atoms with Gasteiger partial charge in [-0.2, -0.15) is 11.8 Å². The molecule has 0 bridgehead atoms. The lowest BCUT2D eigenvalue weighted by Crippen LogP contribution is -2.40. The highest BCUT2D eigenvalue weighted by Crippen LogP contribution is 2.42. The van der Waals surface area contributed by atoms with Crippen LogP contribution in [0.5, 0.6) is 0 Å². The highest BCUT2D eigenvalue weighted by molar-refractivity contribution is 8.00. The summed E-state index contributed by atoms with van der Waals surface area (Å²) in [5.41, 5.74) is 9.04. The van der Waals surface area contributed by atoms with Crippen LogP contribution in [-0.2, 0) is 0 Å². The van der Waals surface area contributed by atoms with E-state index in [0.717, 1.165) is 17.9 Å². The van der Waals surface area contributed by atoms with Crippen molar-refractivity contribution < 1.29 is 0 Å². The van der Waals surface area contributed by atoms with Gasteiger partial charge in [0.25, 0.3) is 0 Å². The van der Waals surface area contributed by atoms with Crippen LogP contribution in [0.4, 0.5) is 11.4 Å². The molecule has 16 heavy (non-hydrogen) atoms. The Morgan fingerprint density at radius 2 is 2.12 bits per heavy atom. The SMILES string of the molecule is CSC1(CNc2cc(C)cc(N)c2)CCC1. The van der Waals surface area contributed by atoms with Crippen LogP contribution >= 0.6 is 11.8 Å². The fraction of sp³-hybridized carbons (Fsp3) is 0.538. The lowest BCUT2D eigenvalue weighted by molar-refractivity contribution is 0.380. The van der Waals surface area contributed by atoms with Crippen LogP contribution < -0.4 is 11.1 Å². The first-order valence-electron chi connectivity index (χ1n) is 5.80. The van der Waals surface area contributed by atoms with E-state index < -0.39 is 0 Å². The maximum Gasteiger partial charge on any atom is 0.0363 e. The van der Waals surface area contributed by atoms with E-state index in [9.17, 15) is 0 Å². The standard InChI is InChI=1S/C13H20N2S/c1-10-6-11(14)8-12(7-10)15-9-13(16-2)4-3-5-13/h6-8,15H,3-5,9,14H2,1-2H3. The van der Waals surface area contributed by atoms with Crippen molar-refractivity contribution in [2.24, 2.45) is 0 Å². The molecule has 1 aliphatic carbocycles. The third kappa shape index (κ3) is 2.46. The highest BCUT2D eigenvalue weighted by atomic mass is 32.2. The van der Waals surface area contributed by atoms with E-state index in [0.29, 0.717) is 4.75 Å². The van der Waals surface area contributed by atoms with Crippen molar-refractivity contribution in [2.75, 3.05) is 23.9 Å². The van der Waals surface area contributed by atoms with E-state index in [1.165, 1.54) is 24.8 Å². The maximum atomic E-state index is 5.83. The maximum absolute atomic E-state index is 5.83. The molecule has 0 saturated heterocycles. The number of hydrogen-bond acceptors (Lipinski definition) is 3. The molecular formula is C13H20N2S. The summed E-state index contributed by atoms with van der Waals surface area (Å²) in [6.07, 6.45) is 6.26. The van der Waals surface area contributed by atoms with Gasteiger partial charge in [0.15, 0.2) is 0 Å². The zero-order valence-electron chi connectivity index (χ0n) is 10.0. The minimum atomic E-state index is 0.471. The third-order valence-electron chi connectivity index (χ3n) is 3.41. The summed E-state index contributed by atoms with van der Waals surface area (Å²) in [5, 5.41) is 3.52. The van der Waals surface area contributed by atoms with Crippen LogP contribution in [0.1, 0.15) is 24.8 Å². The van der Waals surface area contributed by atoms with Crippen molar-refractivity contribution >= 4 is 23.1 Å². The summed E-state index contributed by atoms with van der Waals surface area (Å²) in [7, 11) is 0. The summed E-state index contributed by atoms with van der Waals surface area (Å²) in [6, 6.07) is 6.17. The Bertz CT molecular complexity index is 346. The number of nitrogens with two attached hydrogens (primary N) is 1. The molecule has 0 heterocycles. The fourth-order valence-electron chi connectivity index (χ4n) is 2.20. The van der Waals surface area contributed by atoms with Crippen molar-refractivity contribution in [3.8, 4) is 0 Å². The van der Waals surface area contributed by atoms with Crippen molar-refractivity contribution in [1.29, 1.82) is 0 Å². The smallest absolute Gasteiger partial charge is 0.0363 e. The van der Waals surface area contributed by atoms with Gasteiger partial charge in [-0.1, -0.05) is 6.42 Å². The van der Waals surface area contributed by atoms with Gasteiger partial charge in [0.05, 0.1) is 0 Å². The number of thioether (sulfide) groups is 1. The molecule has 0 amide bonds. The Labute approximate surface area is 102 Å². The van der Waals surface area contributed by atoms with Gasteiger partial charge in [-0.15, -0.1) is 0 Å². The average Bonchev–Trinajstić information content (AvgIpc) is 2.15. The monoisotopic (exact) mass is 236 g/mol. The van der Waals surface area contributed by atoms with Crippen molar-refractivity contribution in [3.63, 3.8) is 0 Å². The number of aryl methyl sites for hydroxylation is 1. The Morgan fingerprint density at radius 3 is 2.62 bits per heavy atom. The van der Waals surface area contributed by atoms with Crippen LogP contribution in [-0.4, -0.2) is 17.5 Å². The lowest BCUT2D eigenvalue weighted by atomic mass is 9.84. The largest absolute Gasteiger partial charge is 0.399 e. The quantitative estimate of drug-likeness (QED) is 0.788. The van der Waals surface area contributed by atoms with Gasteiger partial charge >= 0.3 is 0 Å². The summed E-state index contributed by atoms with van der Waals surface area (Å²) in [6.45, 7) is 3.13. The van der Waals surface area contributed by atoms with Crippen LogP contribution in [0.25, 0.3) is 0 Å². The van der Waals surface area contributed by atoms with Gasteiger partial charge in [0, 0.05) is 22.7 Å². The Balaban J connectivity index is 1.98. The second-order valence-electron chi connectivity index (χ2n) is 4.73. The molecule has 2 nitrogen and oxygen atoms in total. The molecule has 0 unspecified atom stereocenters. The molecule has 3 N–H and O–H groups in total. The van der Waals surface area contributed by atoms with Gasteiger partial charge in [-0.3, -0.25) is 0 Å². The molecule has 1 aromatic rings. The van der Waals surface area contributed by atoms with Crippen molar-refractivity contribution in [1.82, 2.24) is 0 Å². The normalized spacial score (nSPS) is 17.9. The molecule has 2 rings (SSSR count). The summed E-state index contributed by atoms with van der Waals surface area (Å²) >= 11 is 1.99. The molecular weight excluding hydrogens is 216 g/mol. The van der Waals surface area contributed by atoms with E-state index in [1.54, 1.807) is 0 Å². The second-order valence-corrected chi connectivity index (χ2v) is 6.00. The number of rotatable bonds is 4. The van der Waals surface area contributed by atoms with Crippen molar-refractivity contribution in [3.05, 3.63) is 23.8 Å². The predicted molar refractivity (Wildman–Crippen MR) is 74.2 cm³/mol. The molecule has 3 heteroatoms. The van der Waals surface area contributed by atoms with Gasteiger partial charge in [-0.25, -0.2) is 0 Å². The Morgan fingerprint density at radius 1 is 1.38 bits per heavy atom. The molecule has 1 saturated carbocycles. The van der Waals surface area contributed by atoms with E-state index in [2.05, 4.69) is 24.6 Å². The summed E-state index contributed by atoms with van der Waals surface area (Å²) < 4.78 is 0.471. The first-order chi connectivity index (χ1) is 7.63. The van der Waals surface area contributed by atoms with E-state index in [4.69, 9.17) is 5.73 Å². The van der Waals surface area contributed by atoms with Crippen LogP contribution in [0.15, 0.2) is 18.2 Å². The number of nitrogen functional groups attached to an aromatic ring is 1. The summed E-state index contributed by atoms with van der Waals surface area (Å²) in [4.78, 5) is 0. The molecule has 1 aliphatic rings. The number of benzene rings is 1. The third-order valence-corrected chi connectivity index (χ3v) is 4.83. The second kappa shape index (κ2) is 4.58. The lowest BCUT2D eigenvalue weighted by Gasteiger charge is -2.40. The van der Waals surface area contributed by atoms with E-state index in [1.807, 2.05) is 23.9 Å². The molecule has 0 aromatic heterocycles. The topological polar surface area (TPSA) is 38.0 Å². The number of hydrogen-bond donors (Lipinski definition) is 2. The predicted octanol–water partition coefficient (Wildman–Crippen LogP) is 3.27. The molecule has 1 fully saturated rings. The molecule has 0 atom stereocenters. The van der Waals surface area contributed by atoms with Gasteiger partial charge < -0.3 is 11.1 Å². The zero-order chi connectivity index (χ0) is 11.6. The molecule has 1 aromatic carbocycles. The minimum absolute atomic E-state index is 0.471. The van der Waals surface area contributed by atoms with Crippen molar-refractivity contribution in [2.45, 2.75) is 30.9 Å². The number of nitrogens with one attached hydrogen (secondary N) is 1. The molecule has 0 aliphatic heterocycles. The zero-order valence-corrected chi connectivity index (χ0v) is 10.9. The molecule has 88 valence electrons. The number of anilines is 2. The molecule has 0 radical (unpaired) electrons. The van der Waals surface area contributed by atoms with E-state index in [-0.39, 0.29) is 0 Å². The van der Waals surface area contributed by atoms with E-state index >= 15 is 0 Å². The van der Waals surface area contributed by atoms with Gasteiger partial charge in [-0.05, 0) is 49.8 Å². The Hall–Kier alpha value is -0.830. The first-order valence-corrected chi connectivity index (χ1v) is 7.02. The van der Waals surface area contributed by atoms with Crippen LogP contribution in [0.2, 0.25) is 0 Å². The Kier molecular flexibility index (Phi) is 3.33. The average molecular weight is 236 g/mol. The van der Waals surface area contributed by atoms with Gasteiger partial charge in [0.2, 0.25) is 0 Å². The highest BCUT2D eigenvalue weighted by Gasteiger charge is 2.35. The van der Waals surface area contributed by atoms with Crippen LogP contribution in [0, 0.1) is 6.92 Å². The van der Waals surface area contributed by atoms with Crippen LogP contribution in [0.3, 0.4) is 0 Å². The molecule has 0 spiro atoms.